The van der Waals surface area contributed by atoms with E-state index in [0.717, 1.165) is 10.0 Å². The van der Waals surface area contributed by atoms with Crippen LogP contribution in [0.4, 0.5) is 0 Å². The highest BCUT2D eigenvalue weighted by molar-refractivity contribution is 9.10. The van der Waals surface area contributed by atoms with Gasteiger partial charge in [-0.15, -0.1) is 10.2 Å². The van der Waals surface area contributed by atoms with Crippen LogP contribution in [0.15, 0.2) is 34.2 Å². The number of nitrogens with zero attached hydrogens (tertiary/aromatic N) is 3. The van der Waals surface area contributed by atoms with Gasteiger partial charge in [-0.25, -0.2) is 0 Å². The van der Waals surface area contributed by atoms with Crippen molar-refractivity contribution in [2.45, 2.75) is 18.6 Å². The van der Waals surface area contributed by atoms with E-state index in [2.05, 4.69) is 26.1 Å². The van der Waals surface area contributed by atoms with Crippen molar-refractivity contribution < 1.29 is 4.21 Å². The first-order valence-corrected chi connectivity index (χ1v) is 7.40. The fourth-order valence-corrected chi connectivity index (χ4v) is 2.59. The number of rotatable bonds is 3. The zero-order chi connectivity index (χ0) is 12.4. The molecule has 17 heavy (non-hydrogen) atoms. The molecule has 0 aliphatic carbocycles. The van der Waals surface area contributed by atoms with Crippen LogP contribution in [0.3, 0.4) is 0 Å². The van der Waals surface area contributed by atoms with Crippen molar-refractivity contribution in [3.63, 3.8) is 0 Å². The van der Waals surface area contributed by atoms with Gasteiger partial charge in [0.1, 0.15) is 6.33 Å². The minimum absolute atomic E-state index is 0.504. The molecule has 90 valence electrons. The quantitative estimate of drug-likeness (QED) is 0.872. The van der Waals surface area contributed by atoms with Crippen molar-refractivity contribution in [2.24, 2.45) is 0 Å². The second-order valence-corrected chi connectivity index (χ2v) is 5.85. The molecule has 0 aliphatic heterocycles. The number of benzene rings is 1. The van der Waals surface area contributed by atoms with Crippen molar-refractivity contribution in [1.29, 1.82) is 0 Å². The molecule has 1 heterocycles. The second kappa shape index (κ2) is 5.10. The highest BCUT2D eigenvalue weighted by atomic mass is 79.9. The fourth-order valence-electron chi connectivity index (χ4n) is 1.58. The number of hydrogen-bond donors (Lipinski definition) is 0. The Morgan fingerprint density at radius 1 is 1.47 bits per heavy atom. The SMILES string of the molecule is Cc1c(Br)cccc1Cn1cnnc1[S@@](C)=O. The van der Waals surface area contributed by atoms with Gasteiger partial charge in [-0.05, 0) is 24.1 Å². The molecule has 0 aliphatic rings. The van der Waals surface area contributed by atoms with E-state index in [4.69, 9.17) is 0 Å². The summed E-state index contributed by atoms with van der Waals surface area (Å²) in [7, 11) is -1.12. The Bertz CT molecular complexity index is 568. The number of halogens is 1. The van der Waals surface area contributed by atoms with E-state index in [1.54, 1.807) is 12.6 Å². The monoisotopic (exact) mass is 313 g/mol. The van der Waals surface area contributed by atoms with E-state index in [9.17, 15) is 4.21 Å². The van der Waals surface area contributed by atoms with Crippen molar-refractivity contribution in [1.82, 2.24) is 14.8 Å². The Hall–Kier alpha value is -1.01. The van der Waals surface area contributed by atoms with E-state index in [1.807, 2.05) is 29.7 Å². The predicted molar refractivity (Wildman–Crippen MR) is 70.3 cm³/mol. The van der Waals surface area contributed by atoms with Crippen LogP contribution in [-0.2, 0) is 17.3 Å². The third-order valence-electron chi connectivity index (χ3n) is 2.56. The number of aromatic nitrogens is 3. The summed E-state index contributed by atoms with van der Waals surface area (Å²) in [5.74, 6) is 0. The lowest BCUT2D eigenvalue weighted by Gasteiger charge is -2.09. The molecule has 2 rings (SSSR count). The predicted octanol–water partition coefficient (Wildman–Crippen LogP) is 2.13. The van der Waals surface area contributed by atoms with Crippen LogP contribution in [0, 0.1) is 6.92 Å². The zero-order valence-corrected chi connectivity index (χ0v) is 12.0. The van der Waals surface area contributed by atoms with Gasteiger partial charge < -0.3 is 4.57 Å². The van der Waals surface area contributed by atoms with E-state index in [0.29, 0.717) is 11.7 Å². The molecule has 2 aromatic rings. The van der Waals surface area contributed by atoms with Crippen LogP contribution in [0.2, 0.25) is 0 Å². The summed E-state index contributed by atoms with van der Waals surface area (Å²) < 4.78 is 14.3. The lowest BCUT2D eigenvalue weighted by atomic mass is 10.1. The average molecular weight is 314 g/mol. The highest BCUT2D eigenvalue weighted by Crippen LogP contribution is 2.20. The lowest BCUT2D eigenvalue weighted by Crippen LogP contribution is -2.06. The molecule has 6 heteroatoms. The van der Waals surface area contributed by atoms with Crippen LogP contribution in [-0.4, -0.2) is 25.2 Å². The van der Waals surface area contributed by atoms with E-state index < -0.39 is 10.8 Å². The summed E-state index contributed by atoms with van der Waals surface area (Å²) >= 11 is 3.50. The standard InChI is InChI=1S/C11H12BrN3OS/c1-8-9(4-3-5-10(8)12)6-15-7-13-14-11(15)17(2)16/h3-5,7H,6H2,1-2H3/t17-/m1/s1. The van der Waals surface area contributed by atoms with Crippen molar-refractivity contribution in [3.05, 3.63) is 40.1 Å². The first kappa shape index (κ1) is 12.4. The van der Waals surface area contributed by atoms with E-state index in [-0.39, 0.29) is 0 Å². The molecule has 0 N–H and O–H groups in total. The zero-order valence-electron chi connectivity index (χ0n) is 9.55. The molecule has 0 spiro atoms. The van der Waals surface area contributed by atoms with Crippen molar-refractivity contribution in [3.8, 4) is 0 Å². The Morgan fingerprint density at radius 2 is 2.24 bits per heavy atom. The van der Waals surface area contributed by atoms with E-state index in [1.165, 1.54) is 5.56 Å². The van der Waals surface area contributed by atoms with E-state index >= 15 is 0 Å². The molecular weight excluding hydrogens is 302 g/mol. The third kappa shape index (κ3) is 2.63. The Morgan fingerprint density at radius 3 is 2.94 bits per heavy atom. The summed E-state index contributed by atoms with van der Waals surface area (Å²) in [6.45, 7) is 2.68. The first-order valence-electron chi connectivity index (χ1n) is 5.05. The fraction of sp³-hybridized carbons (Fsp3) is 0.273. The molecule has 1 atom stereocenters. The van der Waals surface area contributed by atoms with Crippen molar-refractivity contribution >= 4 is 26.7 Å². The third-order valence-corrected chi connectivity index (χ3v) is 4.25. The maximum atomic E-state index is 11.4. The summed E-state index contributed by atoms with van der Waals surface area (Å²) in [5.41, 5.74) is 2.33. The van der Waals surface area contributed by atoms with Crippen LogP contribution in [0.25, 0.3) is 0 Å². The molecule has 0 radical (unpaired) electrons. The van der Waals surface area contributed by atoms with Crippen LogP contribution in [0.5, 0.6) is 0 Å². The number of hydrogen-bond acceptors (Lipinski definition) is 3. The van der Waals surface area contributed by atoms with Gasteiger partial charge in [-0.2, -0.15) is 0 Å². The smallest absolute Gasteiger partial charge is 0.221 e. The first-order chi connectivity index (χ1) is 8.09. The molecule has 4 nitrogen and oxygen atoms in total. The van der Waals surface area contributed by atoms with Crippen molar-refractivity contribution in [2.75, 3.05) is 6.26 Å². The molecule has 0 fully saturated rings. The van der Waals surface area contributed by atoms with Gasteiger partial charge in [-0.1, -0.05) is 28.1 Å². The van der Waals surface area contributed by atoms with Gasteiger partial charge in [0.15, 0.2) is 0 Å². The maximum absolute atomic E-state index is 11.4. The van der Waals surface area contributed by atoms with Gasteiger partial charge in [0.25, 0.3) is 0 Å². The summed E-state index contributed by atoms with van der Waals surface area (Å²) in [5, 5.41) is 8.17. The summed E-state index contributed by atoms with van der Waals surface area (Å²) in [6, 6.07) is 6.03. The van der Waals surface area contributed by atoms with Gasteiger partial charge >= 0.3 is 0 Å². The molecule has 0 unspecified atom stereocenters. The normalized spacial score (nSPS) is 12.6. The molecular formula is C11H12BrN3OS. The lowest BCUT2D eigenvalue weighted by molar-refractivity contribution is 0.652. The minimum Gasteiger partial charge on any atom is -0.302 e. The average Bonchev–Trinajstić information content (AvgIpc) is 2.73. The Kier molecular flexibility index (Phi) is 3.73. The molecule has 0 saturated carbocycles. The topological polar surface area (TPSA) is 47.8 Å². The highest BCUT2D eigenvalue weighted by Gasteiger charge is 2.10. The van der Waals surface area contributed by atoms with Gasteiger partial charge in [0.2, 0.25) is 5.16 Å². The van der Waals surface area contributed by atoms with Gasteiger partial charge in [0, 0.05) is 10.7 Å². The molecule has 0 saturated heterocycles. The molecule has 0 bridgehead atoms. The minimum atomic E-state index is -1.12. The Balaban J connectivity index is 2.35. The van der Waals surface area contributed by atoms with Gasteiger partial charge in [-0.3, -0.25) is 4.21 Å². The second-order valence-electron chi connectivity index (χ2n) is 3.72. The largest absolute Gasteiger partial charge is 0.302 e. The molecule has 1 aromatic carbocycles. The van der Waals surface area contributed by atoms with Gasteiger partial charge in [0.05, 0.1) is 17.3 Å². The van der Waals surface area contributed by atoms with Crippen LogP contribution >= 0.6 is 15.9 Å². The van der Waals surface area contributed by atoms with Crippen LogP contribution in [0.1, 0.15) is 11.1 Å². The van der Waals surface area contributed by atoms with Crippen LogP contribution < -0.4 is 0 Å². The molecule has 0 amide bonds. The summed E-state index contributed by atoms with van der Waals surface area (Å²) in [6.07, 6.45) is 3.21. The molecule has 1 aromatic heterocycles. The maximum Gasteiger partial charge on any atom is 0.221 e. The Labute approximate surface area is 111 Å². The summed E-state index contributed by atoms with van der Waals surface area (Å²) in [4.78, 5) is 0.